The van der Waals surface area contributed by atoms with E-state index < -0.39 is 17.4 Å². The first-order chi connectivity index (χ1) is 9.95. The molecule has 0 N–H and O–H groups in total. The summed E-state index contributed by atoms with van der Waals surface area (Å²) in [5.41, 5.74) is 2.23. The second kappa shape index (κ2) is 4.81. The third kappa shape index (κ3) is 2.33. The van der Waals surface area contributed by atoms with Gasteiger partial charge in [0.05, 0.1) is 0 Å². The lowest BCUT2D eigenvalue weighted by molar-refractivity contribution is 0.101. The van der Waals surface area contributed by atoms with Crippen LogP contribution in [0, 0.1) is 25.5 Å². The molecular weight excluding hydrogens is 274 g/mol. The SMILES string of the molecule is Cc1ccc2oc(C(=O)c3cc(F)cc(F)c3)c(C)c2c1. The maximum atomic E-state index is 13.2. The molecule has 4 heteroatoms. The molecule has 0 saturated heterocycles. The minimum Gasteiger partial charge on any atom is -0.452 e. The molecule has 0 bridgehead atoms. The van der Waals surface area contributed by atoms with E-state index in [0.29, 0.717) is 11.1 Å². The second-order valence-corrected chi connectivity index (χ2v) is 5.04. The van der Waals surface area contributed by atoms with Crippen molar-refractivity contribution in [3.05, 3.63) is 70.5 Å². The summed E-state index contributed by atoms with van der Waals surface area (Å²) in [4.78, 5) is 12.4. The van der Waals surface area contributed by atoms with Gasteiger partial charge >= 0.3 is 0 Å². The van der Waals surface area contributed by atoms with Crippen molar-refractivity contribution in [3.63, 3.8) is 0 Å². The number of fused-ring (bicyclic) bond motifs is 1. The Morgan fingerprint density at radius 3 is 2.33 bits per heavy atom. The smallest absolute Gasteiger partial charge is 0.228 e. The number of hydrogen-bond donors (Lipinski definition) is 0. The van der Waals surface area contributed by atoms with E-state index in [1.54, 1.807) is 13.0 Å². The van der Waals surface area contributed by atoms with Crippen LogP contribution in [0.5, 0.6) is 0 Å². The fourth-order valence-electron chi connectivity index (χ4n) is 2.37. The molecule has 2 nitrogen and oxygen atoms in total. The Morgan fingerprint density at radius 1 is 1.00 bits per heavy atom. The van der Waals surface area contributed by atoms with Crippen molar-refractivity contribution in [2.24, 2.45) is 0 Å². The number of carbonyl (C=O) groups excluding carboxylic acids is 1. The first-order valence-electron chi connectivity index (χ1n) is 6.46. The van der Waals surface area contributed by atoms with Gasteiger partial charge in [0, 0.05) is 22.6 Å². The van der Waals surface area contributed by atoms with E-state index >= 15 is 0 Å². The Bertz CT molecular complexity index is 842. The number of rotatable bonds is 2. The number of aryl methyl sites for hydroxylation is 2. The van der Waals surface area contributed by atoms with Crippen LogP contribution in [0.1, 0.15) is 27.2 Å². The zero-order chi connectivity index (χ0) is 15.1. The number of carbonyl (C=O) groups is 1. The minimum atomic E-state index is -0.789. The number of hydrogen-bond acceptors (Lipinski definition) is 2. The quantitative estimate of drug-likeness (QED) is 0.646. The summed E-state index contributed by atoms with van der Waals surface area (Å²) >= 11 is 0. The van der Waals surface area contributed by atoms with E-state index in [0.717, 1.165) is 29.1 Å². The van der Waals surface area contributed by atoms with Crippen molar-refractivity contribution in [2.75, 3.05) is 0 Å². The Morgan fingerprint density at radius 2 is 1.67 bits per heavy atom. The van der Waals surface area contributed by atoms with Crippen molar-refractivity contribution in [2.45, 2.75) is 13.8 Å². The van der Waals surface area contributed by atoms with Gasteiger partial charge in [-0.05, 0) is 38.1 Å². The van der Waals surface area contributed by atoms with Gasteiger partial charge in [-0.1, -0.05) is 11.6 Å². The predicted molar refractivity (Wildman–Crippen MR) is 75.5 cm³/mol. The molecule has 0 amide bonds. The van der Waals surface area contributed by atoms with Crippen molar-refractivity contribution >= 4 is 16.8 Å². The van der Waals surface area contributed by atoms with E-state index in [-0.39, 0.29) is 11.3 Å². The minimum absolute atomic E-state index is 0.0635. The lowest BCUT2D eigenvalue weighted by Gasteiger charge is -2.00. The molecule has 3 aromatic rings. The molecule has 0 atom stereocenters. The van der Waals surface area contributed by atoms with Gasteiger partial charge in [-0.25, -0.2) is 8.78 Å². The average molecular weight is 286 g/mol. The average Bonchev–Trinajstić information content (AvgIpc) is 2.74. The third-order valence-corrected chi connectivity index (χ3v) is 3.42. The van der Waals surface area contributed by atoms with Crippen LogP contribution in [0.3, 0.4) is 0 Å². The lowest BCUT2D eigenvalue weighted by Crippen LogP contribution is -2.03. The van der Waals surface area contributed by atoms with Crippen molar-refractivity contribution in [1.82, 2.24) is 0 Å². The Hall–Kier alpha value is -2.49. The fourth-order valence-corrected chi connectivity index (χ4v) is 2.37. The van der Waals surface area contributed by atoms with Gasteiger partial charge in [0.2, 0.25) is 5.78 Å². The highest BCUT2D eigenvalue weighted by molar-refractivity contribution is 6.10. The van der Waals surface area contributed by atoms with Gasteiger partial charge in [0.1, 0.15) is 17.2 Å². The van der Waals surface area contributed by atoms with E-state index in [1.165, 1.54) is 0 Å². The Balaban J connectivity index is 2.15. The summed E-state index contributed by atoms with van der Waals surface area (Å²) < 4.78 is 32.0. The third-order valence-electron chi connectivity index (χ3n) is 3.42. The van der Waals surface area contributed by atoms with Crippen molar-refractivity contribution < 1.29 is 18.0 Å². The maximum absolute atomic E-state index is 13.2. The topological polar surface area (TPSA) is 30.2 Å². The first-order valence-corrected chi connectivity index (χ1v) is 6.46. The summed E-state index contributed by atoms with van der Waals surface area (Å²) in [6, 6.07) is 8.30. The standard InChI is InChI=1S/C17H12F2O2/c1-9-3-4-15-14(5-9)10(2)17(21-15)16(20)11-6-12(18)8-13(19)7-11/h3-8H,1-2H3. The van der Waals surface area contributed by atoms with Crippen LogP contribution in [0.4, 0.5) is 8.78 Å². The van der Waals surface area contributed by atoms with E-state index in [1.807, 2.05) is 19.1 Å². The van der Waals surface area contributed by atoms with Crippen molar-refractivity contribution in [1.29, 1.82) is 0 Å². The molecule has 0 fully saturated rings. The van der Waals surface area contributed by atoms with Crippen LogP contribution in [-0.4, -0.2) is 5.78 Å². The van der Waals surface area contributed by atoms with Gasteiger partial charge in [-0.15, -0.1) is 0 Å². The van der Waals surface area contributed by atoms with Gasteiger partial charge in [-0.2, -0.15) is 0 Å². The zero-order valence-electron chi connectivity index (χ0n) is 11.5. The fraction of sp³-hybridized carbons (Fsp3) is 0.118. The van der Waals surface area contributed by atoms with Gasteiger partial charge in [0.15, 0.2) is 5.76 Å². The van der Waals surface area contributed by atoms with Gasteiger partial charge in [-0.3, -0.25) is 4.79 Å². The summed E-state index contributed by atoms with van der Waals surface area (Å²) in [6.07, 6.45) is 0. The molecule has 0 aliphatic heterocycles. The summed E-state index contributed by atoms with van der Waals surface area (Å²) in [6.45, 7) is 3.70. The number of furan rings is 1. The van der Waals surface area contributed by atoms with Crippen LogP contribution in [-0.2, 0) is 0 Å². The Labute approximate surface area is 120 Å². The van der Waals surface area contributed by atoms with E-state index in [9.17, 15) is 13.6 Å². The molecule has 0 aliphatic carbocycles. The van der Waals surface area contributed by atoms with E-state index in [4.69, 9.17) is 4.42 Å². The van der Waals surface area contributed by atoms with Gasteiger partial charge < -0.3 is 4.42 Å². The van der Waals surface area contributed by atoms with Crippen LogP contribution in [0.25, 0.3) is 11.0 Å². The first kappa shape index (κ1) is 13.5. The van der Waals surface area contributed by atoms with Crippen LogP contribution in [0.15, 0.2) is 40.8 Å². The Kier molecular flexibility index (Phi) is 3.09. The molecule has 0 unspecified atom stereocenters. The molecule has 1 heterocycles. The molecule has 0 aliphatic rings. The highest BCUT2D eigenvalue weighted by atomic mass is 19.1. The number of benzene rings is 2. The maximum Gasteiger partial charge on any atom is 0.228 e. The molecule has 106 valence electrons. The summed E-state index contributed by atoms with van der Waals surface area (Å²) in [7, 11) is 0. The van der Waals surface area contributed by atoms with Crippen LogP contribution >= 0.6 is 0 Å². The second-order valence-electron chi connectivity index (χ2n) is 5.04. The molecule has 0 radical (unpaired) electrons. The molecular formula is C17H12F2O2. The highest BCUT2D eigenvalue weighted by Crippen LogP contribution is 2.28. The zero-order valence-corrected chi connectivity index (χ0v) is 11.5. The molecule has 0 saturated carbocycles. The highest BCUT2D eigenvalue weighted by Gasteiger charge is 2.20. The largest absolute Gasteiger partial charge is 0.452 e. The number of ketones is 1. The van der Waals surface area contributed by atoms with Crippen molar-refractivity contribution in [3.8, 4) is 0 Å². The summed E-state index contributed by atoms with van der Waals surface area (Å²) in [5, 5.41) is 0.829. The van der Waals surface area contributed by atoms with Crippen LogP contribution in [0.2, 0.25) is 0 Å². The normalized spacial score (nSPS) is 11.0. The molecule has 3 rings (SSSR count). The monoisotopic (exact) mass is 286 g/mol. The molecule has 1 aromatic heterocycles. The summed E-state index contributed by atoms with van der Waals surface area (Å²) in [5.74, 6) is -1.99. The predicted octanol–water partition coefficient (Wildman–Crippen LogP) is 4.56. The number of halogens is 2. The lowest BCUT2D eigenvalue weighted by atomic mass is 10.0. The van der Waals surface area contributed by atoms with Crippen LogP contribution < -0.4 is 0 Å². The van der Waals surface area contributed by atoms with E-state index in [2.05, 4.69) is 0 Å². The molecule has 2 aromatic carbocycles. The molecule has 21 heavy (non-hydrogen) atoms. The molecule has 0 spiro atoms. The van der Waals surface area contributed by atoms with Gasteiger partial charge in [0.25, 0.3) is 0 Å².